The Balaban J connectivity index is 1.25. The Morgan fingerprint density at radius 3 is 2.42 bits per heavy atom. The number of hydrogen-bond donors (Lipinski definition) is 2. The summed E-state index contributed by atoms with van der Waals surface area (Å²) < 4.78 is 73.6. The molecule has 0 aromatic carbocycles. The lowest BCUT2D eigenvalue weighted by Crippen LogP contribution is -2.37. The first-order valence-electron chi connectivity index (χ1n) is 14.7. The van der Waals surface area contributed by atoms with Gasteiger partial charge in [0.1, 0.15) is 11.8 Å². The molecule has 0 radical (unpaired) electrons. The number of halogens is 5. The van der Waals surface area contributed by atoms with Crippen molar-refractivity contribution in [3.8, 4) is 0 Å². The highest BCUT2D eigenvalue weighted by molar-refractivity contribution is 5.95. The summed E-state index contributed by atoms with van der Waals surface area (Å²) in [4.78, 5) is 30.6. The number of fused-ring (bicyclic) bond motifs is 1. The lowest BCUT2D eigenvalue weighted by Gasteiger charge is -2.33. The quantitative estimate of drug-likeness (QED) is 0.271. The van der Waals surface area contributed by atoms with Gasteiger partial charge in [0.25, 0.3) is 5.91 Å². The first kappa shape index (κ1) is 29.5. The van der Waals surface area contributed by atoms with Crippen LogP contribution < -0.4 is 10.6 Å². The van der Waals surface area contributed by atoms with Crippen LogP contribution in [0.15, 0.2) is 29.2 Å². The lowest BCUT2D eigenvalue weighted by atomic mass is 9.81. The van der Waals surface area contributed by atoms with E-state index in [4.69, 9.17) is 9.51 Å². The molecule has 3 heterocycles. The Hall–Kier alpha value is -3.58. The van der Waals surface area contributed by atoms with Gasteiger partial charge in [0, 0.05) is 25.2 Å². The van der Waals surface area contributed by atoms with Gasteiger partial charge in [0.05, 0.1) is 41.8 Å². The van der Waals surface area contributed by atoms with Crippen LogP contribution >= 0.6 is 0 Å². The molecule has 3 saturated carbocycles. The van der Waals surface area contributed by atoms with E-state index >= 15 is 0 Å². The second kappa shape index (κ2) is 11.2. The van der Waals surface area contributed by atoms with Crippen molar-refractivity contribution in [1.29, 1.82) is 0 Å². The number of nitrogens with one attached hydrogen (secondary N) is 2. The molecule has 3 aliphatic carbocycles. The van der Waals surface area contributed by atoms with Crippen LogP contribution in [0, 0.1) is 17.8 Å². The van der Waals surface area contributed by atoms with Crippen molar-refractivity contribution >= 4 is 17.5 Å². The van der Waals surface area contributed by atoms with Crippen molar-refractivity contribution in [2.24, 2.45) is 17.8 Å². The van der Waals surface area contributed by atoms with Crippen LogP contribution in [0.4, 0.5) is 22.0 Å². The number of carbonyl (C=O) groups excluding carboxylic acids is 2. The van der Waals surface area contributed by atoms with Gasteiger partial charge in [0.2, 0.25) is 11.8 Å². The molecule has 3 atom stereocenters. The molecule has 0 spiro atoms. The van der Waals surface area contributed by atoms with Crippen LogP contribution in [0.1, 0.15) is 110 Å². The molecular formula is C29H33F5N6O3. The van der Waals surface area contributed by atoms with E-state index in [0.717, 1.165) is 32.6 Å². The Morgan fingerprint density at radius 1 is 1.07 bits per heavy atom. The molecule has 6 rings (SSSR count). The van der Waals surface area contributed by atoms with Crippen molar-refractivity contribution in [3.63, 3.8) is 0 Å². The van der Waals surface area contributed by atoms with E-state index in [1.807, 2.05) is 0 Å². The van der Waals surface area contributed by atoms with Gasteiger partial charge in [-0.3, -0.25) is 9.59 Å². The average molecular weight is 609 g/mol. The highest BCUT2D eigenvalue weighted by Gasteiger charge is 2.41. The molecule has 3 aromatic rings. The largest absolute Gasteiger partial charge is 0.392 e. The molecule has 3 aliphatic rings. The van der Waals surface area contributed by atoms with Gasteiger partial charge >= 0.3 is 6.18 Å². The van der Waals surface area contributed by atoms with Crippen LogP contribution in [-0.4, -0.2) is 43.7 Å². The zero-order valence-electron chi connectivity index (χ0n) is 23.5. The molecule has 43 heavy (non-hydrogen) atoms. The van der Waals surface area contributed by atoms with E-state index in [-0.39, 0.29) is 43.4 Å². The number of rotatable bonds is 10. The number of carbonyl (C=O) groups is 2. The van der Waals surface area contributed by atoms with Crippen LogP contribution in [-0.2, 0) is 4.79 Å². The molecule has 9 nitrogen and oxygen atoms in total. The minimum atomic E-state index is -4.47. The average Bonchev–Trinajstić information content (AvgIpc) is 3.88. The van der Waals surface area contributed by atoms with Gasteiger partial charge in [-0.15, -0.1) is 0 Å². The predicted molar refractivity (Wildman–Crippen MR) is 142 cm³/mol. The fraction of sp³-hybridized carbons (Fsp3) is 0.621. The third kappa shape index (κ3) is 6.67. The lowest BCUT2D eigenvalue weighted by molar-refractivity contribution is -0.174. The summed E-state index contributed by atoms with van der Waals surface area (Å²) in [6, 6.07) is 0.515. The van der Waals surface area contributed by atoms with Crippen LogP contribution in [0.5, 0.6) is 0 Å². The summed E-state index contributed by atoms with van der Waals surface area (Å²) in [6.45, 7) is 0.976. The number of hydrogen-bond acceptors (Lipinski definition) is 6. The first-order chi connectivity index (χ1) is 20.4. The van der Waals surface area contributed by atoms with Gasteiger partial charge < -0.3 is 15.2 Å². The second-order valence-electron chi connectivity index (χ2n) is 12.3. The second-order valence-corrected chi connectivity index (χ2v) is 12.3. The van der Waals surface area contributed by atoms with E-state index in [2.05, 4.69) is 20.9 Å². The fourth-order valence-corrected chi connectivity index (χ4v) is 5.87. The SMILES string of the molecule is CC(CC(=O)N[C@@H](c1cnn2cc([C@@H](NC(=O)c3conc3C3CC3)C3CCC(F)(F)CC3)nc2c1)C1CC1)C(F)(F)F. The summed E-state index contributed by atoms with van der Waals surface area (Å²) >= 11 is 0. The Kier molecular flexibility index (Phi) is 7.66. The highest BCUT2D eigenvalue weighted by Crippen LogP contribution is 2.44. The van der Waals surface area contributed by atoms with Gasteiger partial charge in [0.15, 0.2) is 5.65 Å². The number of nitrogens with zero attached hydrogens (tertiary/aromatic N) is 4. The summed E-state index contributed by atoms with van der Waals surface area (Å²) in [5.41, 5.74) is 2.37. The van der Waals surface area contributed by atoms with E-state index in [1.54, 1.807) is 18.5 Å². The van der Waals surface area contributed by atoms with Crippen molar-refractivity contribution < 1.29 is 36.1 Å². The Morgan fingerprint density at radius 2 is 1.77 bits per heavy atom. The van der Waals surface area contributed by atoms with Gasteiger partial charge in [-0.1, -0.05) is 12.1 Å². The van der Waals surface area contributed by atoms with Crippen molar-refractivity contribution in [3.05, 3.63) is 47.2 Å². The predicted octanol–water partition coefficient (Wildman–Crippen LogP) is 6.05. The van der Waals surface area contributed by atoms with E-state index in [1.165, 1.54) is 10.8 Å². The van der Waals surface area contributed by atoms with E-state index < -0.39 is 48.3 Å². The number of aromatic nitrogens is 4. The minimum absolute atomic E-state index is 0.0731. The maximum absolute atomic E-state index is 14.0. The van der Waals surface area contributed by atoms with Gasteiger partial charge in [-0.05, 0) is 62.0 Å². The Bertz CT molecular complexity index is 1490. The number of amides is 2. The molecule has 2 N–H and O–H groups in total. The molecule has 0 bridgehead atoms. The highest BCUT2D eigenvalue weighted by atomic mass is 19.4. The third-order valence-electron chi connectivity index (χ3n) is 8.82. The molecule has 232 valence electrons. The normalized spacial score (nSPS) is 21.3. The first-order valence-corrected chi connectivity index (χ1v) is 14.7. The zero-order valence-corrected chi connectivity index (χ0v) is 23.5. The topological polar surface area (TPSA) is 114 Å². The van der Waals surface area contributed by atoms with E-state index in [0.29, 0.717) is 28.2 Å². The number of imidazole rings is 1. The van der Waals surface area contributed by atoms with Crippen LogP contribution in [0.25, 0.3) is 5.65 Å². The molecular weight excluding hydrogens is 575 g/mol. The van der Waals surface area contributed by atoms with Crippen LogP contribution in [0.2, 0.25) is 0 Å². The molecule has 0 aliphatic heterocycles. The van der Waals surface area contributed by atoms with Crippen molar-refractivity contribution in [1.82, 2.24) is 30.4 Å². The summed E-state index contributed by atoms with van der Waals surface area (Å²) in [6.07, 6.45) is 2.60. The maximum atomic E-state index is 14.0. The summed E-state index contributed by atoms with van der Waals surface area (Å²) in [5.74, 6) is -5.69. The van der Waals surface area contributed by atoms with Crippen LogP contribution in [0.3, 0.4) is 0 Å². The third-order valence-corrected chi connectivity index (χ3v) is 8.82. The van der Waals surface area contributed by atoms with Crippen molar-refractivity contribution in [2.45, 2.75) is 94.8 Å². The Labute approximate surface area is 244 Å². The van der Waals surface area contributed by atoms with E-state index in [9.17, 15) is 31.5 Å². The standard InChI is InChI=1S/C29H33F5N6O3/c1-15(29(32,33)34)10-23(41)37-24(16-2-3-16)19-11-22-36-21(13-40(22)35-12-19)26(18-6-8-28(30,31)9-7-18)38-27(42)20-14-43-39-25(20)17-4-5-17/h11-18,24,26H,2-10H2,1H3,(H,37,41)(H,38,42)/t15?,24-,26+/m1/s1. The molecule has 14 heteroatoms. The molecule has 1 unspecified atom stereocenters. The van der Waals surface area contributed by atoms with Crippen molar-refractivity contribution in [2.75, 3.05) is 0 Å². The van der Waals surface area contributed by atoms with Gasteiger partial charge in [-0.2, -0.15) is 18.3 Å². The minimum Gasteiger partial charge on any atom is -0.364 e. The molecule has 3 aromatic heterocycles. The fourth-order valence-electron chi connectivity index (χ4n) is 5.87. The maximum Gasteiger partial charge on any atom is 0.392 e. The monoisotopic (exact) mass is 608 g/mol. The smallest absolute Gasteiger partial charge is 0.364 e. The number of alkyl halides is 5. The summed E-state index contributed by atoms with van der Waals surface area (Å²) in [5, 5.41) is 14.2. The van der Waals surface area contributed by atoms with Gasteiger partial charge in [-0.25, -0.2) is 18.3 Å². The summed E-state index contributed by atoms with van der Waals surface area (Å²) in [7, 11) is 0. The molecule has 2 amide bonds. The molecule has 3 fully saturated rings. The zero-order chi connectivity index (χ0) is 30.5. The molecule has 0 saturated heterocycles.